The summed E-state index contributed by atoms with van der Waals surface area (Å²) in [6, 6.07) is 4.76. The topological polar surface area (TPSA) is 81.6 Å². The lowest BCUT2D eigenvalue weighted by Gasteiger charge is -2.38. The van der Waals surface area contributed by atoms with Gasteiger partial charge in [-0.2, -0.15) is 0 Å². The van der Waals surface area contributed by atoms with Crippen LogP contribution in [-0.4, -0.2) is 35.3 Å². The molecule has 0 amide bonds. The molecule has 154 valence electrons. The number of nitrogens with one attached hydrogen (secondary N) is 1. The van der Waals surface area contributed by atoms with Crippen molar-refractivity contribution in [2.75, 3.05) is 6.61 Å². The van der Waals surface area contributed by atoms with Crippen molar-refractivity contribution in [3.63, 3.8) is 0 Å². The van der Waals surface area contributed by atoms with Gasteiger partial charge >= 0.3 is 5.97 Å². The highest BCUT2D eigenvalue weighted by molar-refractivity contribution is 7.90. The molecule has 0 heterocycles. The van der Waals surface area contributed by atoms with Crippen LogP contribution in [0.15, 0.2) is 18.2 Å². The Kier molecular flexibility index (Phi) is 7.75. The fourth-order valence-electron chi connectivity index (χ4n) is 2.20. The Morgan fingerprint density at radius 3 is 2.22 bits per heavy atom. The van der Waals surface area contributed by atoms with Gasteiger partial charge in [0.05, 0.1) is 18.2 Å². The second-order valence-corrected chi connectivity index (χ2v) is 16.3. The van der Waals surface area contributed by atoms with Crippen LogP contribution in [0, 0.1) is 6.92 Å². The molecule has 7 heteroatoms. The number of carboxylic acid groups (broad SMARTS) is 1. The fraction of sp³-hybridized carbons (Fsp3) is 0.650. The molecule has 0 aliphatic rings. The average Bonchev–Trinajstić information content (AvgIpc) is 2.49. The second-order valence-electron chi connectivity index (χ2n) is 9.50. The predicted molar refractivity (Wildman–Crippen MR) is 115 cm³/mol. The lowest BCUT2D eigenvalue weighted by Crippen LogP contribution is -2.46. The molecule has 1 unspecified atom stereocenters. The third-order valence-electron chi connectivity index (χ3n) is 5.11. The molecule has 0 saturated carbocycles. The van der Waals surface area contributed by atoms with Crippen LogP contribution < -0.4 is 4.72 Å². The van der Waals surface area contributed by atoms with Crippen molar-refractivity contribution in [3.8, 4) is 0 Å². The van der Waals surface area contributed by atoms with Crippen molar-refractivity contribution in [2.24, 2.45) is 0 Å². The zero-order valence-electron chi connectivity index (χ0n) is 18.1. The minimum Gasteiger partial charge on any atom is -0.598 e. The summed E-state index contributed by atoms with van der Waals surface area (Å²) in [4.78, 5) is 11.2. The highest BCUT2D eigenvalue weighted by atomic mass is 32.2. The molecule has 1 rings (SSSR count). The lowest BCUT2D eigenvalue weighted by atomic mass is 10.00. The molecule has 0 radical (unpaired) electrons. The second kappa shape index (κ2) is 8.65. The molecule has 1 aromatic rings. The largest absolute Gasteiger partial charge is 0.598 e. The monoisotopic (exact) mass is 413 g/mol. The van der Waals surface area contributed by atoms with Crippen molar-refractivity contribution in [2.45, 2.75) is 77.4 Å². The van der Waals surface area contributed by atoms with Crippen molar-refractivity contribution in [1.29, 1.82) is 0 Å². The van der Waals surface area contributed by atoms with E-state index < -0.39 is 30.4 Å². The first-order valence-corrected chi connectivity index (χ1v) is 13.3. The van der Waals surface area contributed by atoms with E-state index in [0.717, 1.165) is 11.1 Å². The summed E-state index contributed by atoms with van der Waals surface area (Å²) in [6.07, 6.45) is 0. The van der Waals surface area contributed by atoms with E-state index in [9.17, 15) is 14.5 Å². The first kappa shape index (κ1) is 24.2. The van der Waals surface area contributed by atoms with E-state index in [1.54, 1.807) is 18.2 Å². The minimum atomic E-state index is -1.98. The van der Waals surface area contributed by atoms with E-state index in [0.29, 0.717) is 6.61 Å². The summed E-state index contributed by atoms with van der Waals surface area (Å²) in [5.41, 5.74) is 2.01. The molecule has 0 bridgehead atoms. The van der Waals surface area contributed by atoms with Crippen LogP contribution in [0.2, 0.25) is 18.1 Å². The summed E-state index contributed by atoms with van der Waals surface area (Å²) < 4.78 is 21.9. The zero-order chi connectivity index (χ0) is 21.2. The van der Waals surface area contributed by atoms with Gasteiger partial charge < -0.3 is 14.1 Å². The Bertz CT molecular complexity index is 665. The molecule has 2 N–H and O–H groups in total. The van der Waals surface area contributed by atoms with Crippen LogP contribution >= 0.6 is 0 Å². The SMILES string of the molecule is Cc1cc(C(=O)O)ccc1[C@@H](CO[Si](C)(C)C(C)(C)C)N[S+]([O-])C(C)(C)C. The van der Waals surface area contributed by atoms with Crippen LogP contribution in [-0.2, 0) is 15.8 Å². The molecule has 0 aliphatic carbocycles. The number of hydrogen-bond donors (Lipinski definition) is 2. The van der Waals surface area contributed by atoms with Gasteiger partial charge in [-0.1, -0.05) is 26.8 Å². The van der Waals surface area contributed by atoms with Crippen LogP contribution in [0.5, 0.6) is 0 Å². The Morgan fingerprint density at radius 1 is 1.26 bits per heavy atom. The van der Waals surface area contributed by atoms with Gasteiger partial charge in [-0.25, -0.2) is 4.79 Å². The number of rotatable bonds is 7. The summed E-state index contributed by atoms with van der Waals surface area (Å²) in [5, 5.41) is 9.28. The number of hydrogen-bond acceptors (Lipinski definition) is 4. The zero-order valence-corrected chi connectivity index (χ0v) is 19.9. The molecule has 1 aromatic carbocycles. The Balaban J connectivity index is 3.17. The minimum absolute atomic E-state index is 0.0724. The van der Waals surface area contributed by atoms with E-state index in [4.69, 9.17) is 4.43 Å². The molecule has 0 aliphatic heterocycles. The normalized spacial score (nSPS) is 15.5. The third-order valence-corrected chi connectivity index (χ3v) is 11.2. The van der Waals surface area contributed by atoms with Gasteiger partial charge in [0, 0.05) is 11.4 Å². The van der Waals surface area contributed by atoms with Gasteiger partial charge in [0.25, 0.3) is 0 Å². The Morgan fingerprint density at radius 2 is 1.81 bits per heavy atom. The van der Waals surface area contributed by atoms with Gasteiger partial charge in [0.15, 0.2) is 8.32 Å². The molecule has 2 atom stereocenters. The van der Waals surface area contributed by atoms with E-state index in [2.05, 4.69) is 38.6 Å². The van der Waals surface area contributed by atoms with Crippen LogP contribution in [0.25, 0.3) is 0 Å². The fourth-order valence-corrected chi connectivity index (χ4v) is 4.02. The van der Waals surface area contributed by atoms with E-state index in [-0.39, 0.29) is 16.6 Å². The maximum Gasteiger partial charge on any atom is 0.335 e. The first-order valence-electron chi connectivity index (χ1n) is 9.22. The first-order chi connectivity index (χ1) is 12.1. The predicted octanol–water partition coefficient (Wildman–Crippen LogP) is 4.81. The molecule has 27 heavy (non-hydrogen) atoms. The quantitative estimate of drug-likeness (QED) is 0.495. The number of aromatic carboxylic acids is 1. The Labute approximate surface area is 168 Å². The number of aryl methyl sites for hydroxylation is 1. The van der Waals surface area contributed by atoms with Gasteiger partial charge in [-0.15, -0.1) is 4.72 Å². The Hall–Kier alpha value is -0.863. The lowest BCUT2D eigenvalue weighted by molar-refractivity contribution is 0.0696. The summed E-state index contributed by atoms with van der Waals surface area (Å²) >= 11 is -1.27. The molecular weight excluding hydrogens is 378 g/mol. The van der Waals surface area contributed by atoms with Crippen molar-refractivity contribution in [3.05, 3.63) is 34.9 Å². The van der Waals surface area contributed by atoms with Crippen molar-refractivity contribution >= 4 is 25.6 Å². The number of benzene rings is 1. The van der Waals surface area contributed by atoms with Gasteiger partial charge in [-0.3, -0.25) is 0 Å². The average molecular weight is 414 g/mol. The van der Waals surface area contributed by atoms with Crippen molar-refractivity contribution in [1.82, 2.24) is 4.72 Å². The van der Waals surface area contributed by atoms with Crippen LogP contribution in [0.4, 0.5) is 0 Å². The third kappa shape index (κ3) is 6.60. The molecule has 0 saturated heterocycles. The van der Waals surface area contributed by atoms with Crippen molar-refractivity contribution < 1.29 is 18.9 Å². The maximum atomic E-state index is 12.7. The standard InChI is InChI=1S/C20H35NO4SSi/c1-14-12-15(18(22)23)10-11-16(14)17(21-26(24)19(2,3)4)13-25-27(8,9)20(5,6)7/h10-12,17,21H,13H2,1-9H3,(H,22,23)/t17-,26?/m1/s1. The smallest absolute Gasteiger partial charge is 0.335 e. The molecule has 0 aromatic heterocycles. The van der Waals surface area contributed by atoms with Gasteiger partial charge in [0.2, 0.25) is 0 Å². The summed E-state index contributed by atoms with van der Waals surface area (Å²) in [7, 11) is -1.98. The van der Waals surface area contributed by atoms with E-state index in [1.165, 1.54) is 0 Å². The van der Waals surface area contributed by atoms with Crippen LogP contribution in [0.1, 0.15) is 69.1 Å². The summed E-state index contributed by atoms with van der Waals surface area (Å²) in [6.45, 7) is 18.9. The highest BCUT2D eigenvalue weighted by Gasteiger charge is 2.39. The van der Waals surface area contributed by atoms with E-state index in [1.807, 2.05) is 27.7 Å². The molecule has 0 fully saturated rings. The molecule has 5 nitrogen and oxygen atoms in total. The van der Waals surface area contributed by atoms with Gasteiger partial charge in [0.1, 0.15) is 4.75 Å². The number of carboxylic acids is 1. The van der Waals surface area contributed by atoms with E-state index >= 15 is 0 Å². The van der Waals surface area contributed by atoms with Crippen LogP contribution in [0.3, 0.4) is 0 Å². The highest BCUT2D eigenvalue weighted by Crippen LogP contribution is 2.37. The number of carbonyl (C=O) groups is 1. The van der Waals surface area contributed by atoms with Gasteiger partial charge in [-0.05, 0) is 69.1 Å². The summed E-state index contributed by atoms with van der Waals surface area (Å²) in [5.74, 6) is -0.954. The molecular formula is C20H35NO4SSi. The molecule has 0 spiro atoms. The maximum absolute atomic E-state index is 12.7.